The highest BCUT2D eigenvalue weighted by Gasteiger charge is 2.60. The zero-order valence-electron chi connectivity index (χ0n) is 13.5. The lowest BCUT2D eigenvalue weighted by atomic mass is 9.81. The minimum atomic E-state index is -0.265. The monoisotopic (exact) mass is 380 g/mol. The zero-order chi connectivity index (χ0) is 17.7. The Labute approximate surface area is 155 Å². The summed E-state index contributed by atoms with van der Waals surface area (Å²) >= 11 is 11.8. The number of hydrogen-bond donors (Lipinski definition) is 1. The molecule has 4 rings (SSSR count). The van der Waals surface area contributed by atoms with Gasteiger partial charge in [-0.2, -0.15) is 0 Å². The van der Waals surface area contributed by atoms with Crippen molar-refractivity contribution >= 4 is 46.6 Å². The Balaban J connectivity index is 1.36. The van der Waals surface area contributed by atoms with Crippen molar-refractivity contribution in [2.45, 2.75) is 25.7 Å². The number of anilines is 1. The molecule has 1 aliphatic heterocycles. The predicted molar refractivity (Wildman–Crippen MR) is 94.2 cm³/mol. The summed E-state index contributed by atoms with van der Waals surface area (Å²) in [5.41, 5.74) is 0.536. The average molecular weight is 381 g/mol. The van der Waals surface area contributed by atoms with Crippen LogP contribution in [0.1, 0.15) is 25.7 Å². The summed E-state index contributed by atoms with van der Waals surface area (Å²) in [5, 5.41) is 3.48. The summed E-state index contributed by atoms with van der Waals surface area (Å²) in [6.07, 6.45) is 3.19. The first-order valence-corrected chi connectivity index (χ1v) is 9.31. The maximum absolute atomic E-state index is 12.6. The van der Waals surface area contributed by atoms with Crippen LogP contribution in [0.2, 0.25) is 10.0 Å². The van der Waals surface area contributed by atoms with Gasteiger partial charge >= 0.3 is 0 Å². The largest absolute Gasteiger partial charge is 0.326 e. The molecule has 5 nitrogen and oxygen atoms in total. The summed E-state index contributed by atoms with van der Waals surface area (Å²) in [5.74, 6) is 0.0323. The highest BCUT2D eigenvalue weighted by Crippen LogP contribution is 2.56. The summed E-state index contributed by atoms with van der Waals surface area (Å²) in [7, 11) is 0. The number of nitrogens with zero attached hydrogens (tertiary/aromatic N) is 1. The number of rotatable bonds is 4. The fraction of sp³-hybridized carbons (Fsp3) is 0.500. The molecule has 3 fully saturated rings. The molecule has 4 atom stereocenters. The number of amides is 3. The van der Waals surface area contributed by atoms with Crippen LogP contribution in [0, 0.1) is 23.7 Å². The van der Waals surface area contributed by atoms with Gasteiger partial charge in [0.15, 0.2) is 0 Å². The van der Waals surface area contributed by atoms with Crippen molar-refractivity contribution in [2.24, 2.45) is 23.7 Å². The van der Waals surface area contributed by atoms with Crippen LogP contribution in [0.3, 0.4) is 0 Å². The first-order chi connectivity index (χ1) is 12.0. The molecule has 2 bridgehead atoms. The lowest BCUT2D eigenvalue weighted by Gasteiger charge is -2.19. The van der Waals surface area contributed by atoms with Gasteiger partial charge in [0, 0.05) is 18.7 Å². The summed E-state index contributed by atoms with van der Waals surface area (Å²) < 4.78 is 0. The molecule has 0 radical (unpaired) electrons. The summed E-state index contributed by atoms with van der Waals surface area (Å²) in [6.45, 7) is 0.136. The van der Waals surface area contributed by atoms with E-state index in [1.54, 1.807) is 18.2 Å². The Morgan fingerprint density at radius 2 is 1.72 bits per heavy atom. The quantitative estimate of drug-likeness (QED) is 0.814. The Morgan fingerprint density at radius 1 is 1.08 bits per heavy atom. The van der Waals surface area contributed by atoms with Crippen molar-refractivity contribution < 1.29 is 14.4 Å². The number of hydrogen-bond acceptors (Lipinski definition) is 3. The van der Waals surface area contributed by atoms with Crippen LogP contribution in [0.5, 0.6) is 0 Å². The minimum absolute atomic E-state index is 0.0759. The van der Waals surface area contributed by atoms with Crippen LogP contribution in [-0.2, 0) is 14.4 Å². The number of imide groups is 1. The number of fused-ring (bicyclic) bond motifs is 5. The van der Waals surface area contributed by atoms with Gasteiger partial charge in [0.1, 0.15) is 0 Å². The standard InChI is InChI=1S/C18H18Cl2N2O3/c19-12-4-3-11(8-13(12)20)21-14(23)5-6-22-17(24)15-9-1-2-10(7-9)16(15)18(22)25/h3-4,8-10,15-16H,1-2,5-7H2,(H,21,23)/t9-,10-,15-,16+/m1/s1. The molecule has 25 heavy (non-hydrogen) atoms. The van der Waals surface area contributed by atoms with Gasteiger partial charge in [0.05, 0.1) is 21.9 Å². The van der Waals surface area contributed by atoms with E-state index < -0.39 is 0 Å². The Kier molecular flexibility index (Phi) is 4.24. The lowest BCUT2D eigenvalue weighted by Crippen LogP contribution is -2.35. The highest BCUT2D eigenvalue weighted by atomic mass is 35.5. The van der Waals surface area contributed by atoms with Crippen molar-refractivity contribution in [3.63, 3.8) is 0 Å². The van der Waals surface area contributed by atoms with E-state index in [1.165, 1.54) is 4.90 Å². The van der Waals surface area contributed by atoms with Crippen LogP contribution in [0.25, 0.3) is 0 Å². The predicted octanol–water partition coefficient (Wildman–Crippen LogP) is 3.35. The fourth-order valence-electron chi connectivity index (χ4n) is 4.70. The smallest absolute Gasteiger partial charge is 0.233 e. The maximum Gasteiger partial charge on any atom is 0.233 e. The maximum atomic E-state index is 12.6. The molecular weight excluding hydrogens is 363 g/mol. The van der Waals surface area contributed by atoms with Crippen LogP contribution in [-0.4, -0.2) is 29.2 Å². The van der Waals surface area contributed by atoms with Crippen LogP contribution in [0.15, 0.2) is 18.2 Å². The first-order valence-electron chi connectivity index (χ1n) is 8.56. The molecule has 2 aliphatic carbocycles. The SMILES string of the molecule is O=C(CCN1C(=O)[C@@H]2[C@@H]3CC[C@H](C3)[C@@H]2C1=O)Nc1ccc(Cl)c(Cl)c1. The van der Waals surface area contributed by atoms with E-state index in [1.807, 2.05) is 0 Å². The Morgan fingerprint density at radius 3 is 2.32 bits per heavy atom. The van der Waals surface area contributed by atoms with Crippen molar-refractivity contribution in [1.82, 2.24) is 4.90 Å². The third-order valence-corrected chi connectivity index (χ3v) is 6.52. The number of carbonyl (C=O) groups excluding carboxylic acids is 3. The molecule has 1 aromatic carbocycles. The number of likely N-dealkylation sites (tertiary alicyclic amines) is 1. The molecule has 1 heterocycles. The first kappa shape index (κ1) is 16.9. The second-order valence-corrected chi connectivity index (χ2v) is 7.95. The van der Waals surface area contributed by atoms with Crippen LogP contribution in [0.4, 0.5) is 5.69 Å². The third-order valence-electron chi connectivity index (χ3n) is 5.78. The van der Waals surface area contributed by atoms with Gasteiger partial charge in [-0.05, 0) is 49.3 Å². The van der Waals surface area contributed by atoms with E-state index in [0.717, 1.165) is 19.3 Å². The van der Waals surface area contributed by atoms with Crippen molar-refractivity contribution in [3.8, 4) is 0 Å². The fourth-order valence-corrected chi connectivity index (χ4v) is 5.00. The van der Waals surface area contributed by atoms with Gasteiger partial charge in [-0.3, -0.25) is 19.3 Å². The molecule has 3 aliphatic rings. The number of benzene rings is 1. The second kappa shape index (κ2) is 6.29. The van der Waals surface area contributed by atoms with Gasteiger partial charge < -0.3 is 5.32 Å². The van der Waals surface area contributed by atoms with Gasteiger partial charge in [-0.15, -0.1) is 0 Å². The third kappa shape index (κ3) is 2.83. The van der Waals surface area contributed by atoms with E-state index in [-0.39, 0.29) is 42.5 Å². The van der Waals surface area contributed by atoms with Crippen molar-refractivity contribution in [3.05, 3.63) is 28.2 Å². The summed E-state index contributed by atoms with van der Waals surface area (Å²) in [4.78, 5) is 38.6. The molecule has 0 aromatic heterocycles. The highest BCUT2D eigenvalue weighted by molar-refractivity contribution is 6.42. The van der Waals surface area contributed by atoms with Gasteiger partial charge in [0.25, 0.3) is 0 Å². The van der Waals surface area contributed by atoms with Gasteiger partial charge in [-0.25, -0.2) is 0 Å². The van der Waals surface area contributed by atoms with Crippen LogP contribution < -0.4 is 5.32 Å². The topological polar surface area (TPSA) is 66.5 Å². The molecule has 0 unspecified atom stereocenters. The van der Waals surface area contributed by atoms with Gasteiger partial charge in [0.2, 0.25) is 17.7 Å². The molecule has 1 saturated heterocycles. The van der Waals surface area contributed by atoms with E-state index in [0.29, 0.717) is 27.6 Å². The van der Waals surface area contributed by atoms with E-state index in [4.69, 9.17) is 23.2 Å². The van der Waals surface area contributed by atoms with E-state index >= 15 is 0 Å². The normalized spacial score (nSPS) is 30.1. The zero-order valence-corrected chi connectivity index (χ0v) is 15.0. The molecule has 3 amide bonds. The average Bonchev–Trinajstić information content (AvgIpc) is 3.24. The molecule has 7 heteroatoms. The molecule has 0 spiro atoms. The van der Waals surface area contributed by atoms with E-state index in [9.17, 15) is 14.4 Å². The summed E-state index contributed by atoms with van der Waals surface area (Å²) in [6, 6.07) is 4.82. The number of carbonyl (C=O) groups is 3. The lowest BCUT2D eigenvalue weighted by molar-refractivity contribution is -0.140. The number of nitrogens with one attached hydrogen (secondary N) is 1. The molecular formula is C18H18Cl2N2O3. The second-order valence-electron chi connectivity index (χ2n) is 7.14. The molecule has 1 N–H and O–H groups in total. The molecule has 132 valence electrons. The van der Waals surface area contributed by atoms with Gasteiger partial charge in [-0.1, -0.05) is 23.2 Å². The van der Waals surface area contributed by atoms with Crippen LogP contribution >= 0.6 is 23.2 Å². The number of halogens is 2. The molecule has 1 aromatic rings. The van der Waals surface area contributed by atoms with Crippen molar-refractivity contribution in [1.29, 1.82) is 0 Å². The molecule has 2 saturated carbocycles. The van der Waals surface area contributed by atoms with E-state index in [2.05, 4.69) is 5.32 Å². The minimum Gasteiger partial charge on any atom is -0.326 e. The van der Waals surface area contributed by atoms with Crippen molar-refractivity contribution in [2.75, 3.05) is 11.9 Å². The Bertz CT molecular complexity index is 739. The Hall–Kier alpha value is -1.59.